The van der Waals surface area contributed by atoms with Crippen molar-refractivity contribution >= 4 is 11.7 Å². The van der Waals surface area contributed by atoms with Gasteiger partial charge in [-0.25, -0.2) is 9.97 Å². The van der Waals surface area contributed by atoms with Gasteiger partial charge in [0.2, 0.25) is 0 Å². The summed E-state index contributed by atoms with van der Waals surface area (Å²) < 4.78 is 0. The summed E-state index contributed by atoms with van der Waals surface area (Å²) in [4.78, 5) is 29.3. The van der Waals surface area contributed by atoms with E-state index in [-0.39, 0.29) is 5.91 Å². The van der Waals surface area contributed by atoms with Gasteiger partial charge in [0.15, 0.2) is 0 Å². The first-order valence-electron chi connectivity index (χ1n) is 8.26. The van der Waals surface area contributed by atoms with E-state index in [1.807, 2.05) is 37.0 Å². The van der Waals surface area contributed by atoms with Crippen LogP contribution in [0.4, 0.5) is 5.82 Å². The van der Waals surface area contributed by atoms with E-state index < -0.39 is 0 Å². The molecule has 6 heteroatoms. The molecular formula is C18H23N5O. The minimum absolute atomic E-state index is 0.0333. The van der Waals surface area contributed by atoms with Crippen molar-refractivity contribution in [1.29, 1.82) is 0 Å². The normalized spacial score (nSPS) is 17.6. The molecule has 1 aliphatic rings. The molecule has 1 fully saturated rings. The molecule has 1 aliphatic heterocycles. The molecule has 0 aromatic carbocycles. The fourth-order valence-electron chi connectivity index (χ4n) is 3.03. The van der Waals surface area contributed by atoms with Gasteiger partial charge in [0, 0.05) is 45.5 Å². The van der Waals surface area contributed by atoms with Gasteiger partial charge in [0.05, 0.1) is 11.9 Å². The summed E-state index contributed by atoms with van der Waals surface area (Å²) in [6, 6.07) is 4.17. The third kappa shape index (κ3) is 3.53. The van der Waals surface area contributed by atoms with Gasteiger partial charge in [-0.2, -0.15) is 0 Å². The number of piperidine rings is 1. The minimum atomic E-state index is -0.0333. The van der Waals surface area contributed by atoms with E-state index in [1.54, 1.807) is 12.4 Å². The lowest BCUT2D eigenvalue weighted by Crippen LogP contribution is -2.39. The van der Waals surface area contributed by atoms with E-state index in [0.29, 0.717) is 18.2 Å². The molecule has 0 N–H and O–H groups in total. The average molecular weight is 325 g/mol. The van der Waals surface area contributed by atoms with Crippen LogP contribution in [0.1, 0.15) is 40.5 Å². The Morgan fingerprint density at radius 3 is 2.79 bits per heavy atom. The number of carbonyl (C=O) groups is 1. The Bertz CT molecular complexity index is 714. The Morgan fingerprint density at radius 2 is 2.08 bits per heavy atom. The van der Waals surface area contributed by atoms with Crippen molar-refractivity contribution < 1.29 is 4.79 Å². The summed E-state index contributed by atoms with van der Waals surface area (Å²) in [6.07, 6.45) is 7.13. The first-order chi connectivity index (χ1) is 11.5. The first-order valence-corrected chi connectivity index (χ1v) is 8.26. The van der Waals surface area contributed by atoms with Gasteiger partial charge in [-0.15, -0.1) is 0 Å². The van der Waals surface area contributed by atoms with Crippen molar-refractivity contribution in [1.82, 2.24) is 19.9 Å². The van der Waals surface area contributed by atoms with Gasteiger partial charge in [0.1, 0.15) is 11.5 Å². The van der Waals surface area contributed by atoms with Crippen LogP contribution in [-0.2, 0) is 0 Å². The number of hydrogen-bond acceptors (Lipinski definition) is 5. The second-order valence-electron chi connectivity index (χ2n) is 6.48. The summed E-state index contributed by atoms with van der Waals surface area (Å²) in [5.74, 6) is 1.25. The average Bonchev–Trinajstić information content (AvgIpc) is 2.62. The van der Waals surface area contributed by atoms with Crippen LogP contribution in [0.3, 0.4) is 0 Å². The predicted molar refractivity (Wildman–Crippen MR) is 93.2 cm³/mol. The van der Waals surface area contributed by atoms with Gasteiger partial charge in [0.25, 0.3) is 5.91 Å². The first kappa shape index (κ1) is 16.4. The molecular weight excluding hydrogens is 302 g/mol. The Kier molecular flexibility index (Phi) is 4.74. The standard InChI is InChI=1S/C18H23N5O/c1-13-10-21-16(11-20-13)18(24)23-8-4-5-15(12-23)14-6-7-19-17(9-14)22(2)3/h6-7,9-11,15H,4-5,8,12H2,1-3H3/t15-/m0/s1. The molecule has 0 bridgehead atoms. The van der Waals surface area contributed by atoms with Crippen LogP contribution in [0.5, 0.6) is 0 Å². The molecule has 0 saturated carbocycles. The third-order valence-electron chi connectivity index (χ3n) is 4.41. The zero-order valence-electron chi connectivity index (χ0n) is 14.4. The zero-order valence-corrected chi connectivity index (χ0v) is 14.4. The van der Waals surface area contributed by atoms with Gasteiger partial charge >= 0.3 is 0 Å². The number of nitrogens with zero attached hydrogens (tertiary/aromatic N) is 5. The highest BCUT2D eigenvalue weighted by Crippen LogP contribution is 2.28. The summed E-state index contributed by atoms with van der Waals surface area (Å²) in [5, 5.41) is 0. The second-order valence-corrected chi connectivity index (χ2v) is 6.48. The van der Waals surface area contributed by atoms with Gasteiger partial charge in [-0.1, -0.05) is 0 Å². The molecule has 2 aromatic rings. The van der Waals surface area contributed by atoms with E-state index in [4.69, 9.17) is 0 Å². The topological polar surface area (TPSA) is 62.2 Å². The molecule has 3 heterocycles. The predicted octanol–water partition coefficient (Wildman–Crippen LogP) is 2.27. The minimum Gasteiger partial charge on any atom is -0.363 e. The number of aryl methyl sites for hydroxylation is 1. The lowest BCUT2D eigenvalue weighted by molar-refractivity contribution is 0.0700. The SMILES string of the molecule is Cc1cnc(C(=O)N2CCC[C@H](c3ccnc(N(C)C)c3)C2)cn1. The number of anilines is 1. The number of carbonyl (C=O) groups excluding carboxylic acids is 1. The molecule has 2 aromatic heterocycles. The number of hydrogen-bond donors (Lipinski definition) is 0. The number of likely N-dealkylation sites (tertiary alicyclic amines) is 1. The number of rotatable bonds is 3. The highest BCUT2D eigenvalue weighted by atomic mass is 16.2. The summed E-state index contributed by atoms with van der Waals surface area (Å²) >= 11 is 0. The van der Waals surface area contributed by atoms with E-state index in [0.717, 1.165) is 30.9 Å². The fraction of sp³-hybridized carbons (Fsp3) is 0.444. The van der Waals surface area contributed by atoms with Crippen LogP contribution in [-0.4, -0.2) is 52.9 Å². The molecule has 126 valence electrons. The highest BCUT2D eigenvalue weighted by molar-refractivity contribution is 5.92. The molecule has 1 saturated heterocycles. The Morgan fingerprint density at radius 1 is 1.25 bits per heavy atom. The Balaban J connectivity index is 1.75. The van der Waals surface area contributed by atoms with Crippen molar-refractivity contribution in [2.24, 2.45) is 0 Å². The number of amides is 1. The summed E-state index contributed by atoms with van der Waals surface area (Å²) in [7, 11) is 3.97. The monoisotopic (exact) mass is 325 g/mol. The molecule has 6 nitrogen and oxygen atoms in total. The van der Waals surface area contributed by atoms with Crippen LogP contribution in [0.2, 0.25) is 0 Å². The molecule has 0 aliphatic carbocycles. The molecule has 1 atom stereocenters. The summed E-state index contributed by atoms with van der Waals surface area (Å²) in [5.41, 5.74) is 2.47. The molecule has 0 unspecified atom stereocenters. The maximum absolute atomic E-state index is 12.7. The van der Waals surface area contributed by atoms with E-state index in [2.05, 4.69) is 27.1 Å². The molecule has 0 spiro atoms. The molecule has 3 rings (SSSR count). The van der Waals surface area contributed by atoms with Crippen molar-refractivity contribution in [2.45, 2.75) is 25.7 Å². The zero-order chi connectivity index (χ0) is 17.1. The number of aromatic nitrogens is 3. The maximum Gasteiger partial charge on any atom is 0.274 e. The fourth-order valence-corrected chi connectivity index (χ4v) is 3.03. The van der Waals surface area contributed by atoms with Gasteiger partial charge in [-0.05, 0) is 37.5 Å². The van der Waals surface area contributed by atoms with Crippen LogP contribution >= 0.6 is 0 Å². The van der Waals surface area contributed by atoms with Gasteiger partial charge in [-0.3, -0.25) is 9.78 Å². The number of pyridine rings is 1. The third-order valence-corrected chi connectivity index (χ3v) is 4.41. The van der Waals surface area contributed by atoms with Crippen molar-refractivity contribution in [3.05, 3.63) is 47.7 Å². The van der Waals surface area contributed by atoms with E-state index >= 15 is 0 Å². The van der Waals surface area contributed by atoms with Crippen LogP contribution in [0, 0.1) is 6.92 Å². The van der Waals surface area contributed by atoms with Crippen molar-refractivity contribution in [3.8, 4) is 0 Å². The largest absolute Gasteiger partial charge is 0.363 e. The Labute approximate surface area is 142 Å². The molecule has 1 amide bonds. The van der Waals surface area contributed by atoms with Crippen LogP contribution in [0.15, 0.2) is 30.7 Å². The molecule has 24 heavy (non-hydrogen) atoms. The smallest absolute Gasteiger partial charge is 0.274 e. The summed E-state index contributed by atoms with van der Waals surface area (Å²) in [6.45, 7) is 3.35. The second kappa shape index (κ2) is 6.95. The van der Waals surface area contributed by atoms with Gasteiger partial charge < -0.3 is 9.80 Å². The van der Waals surface area contributed by atoms with E-state index in [9.17, 15) is 4.79 Å². The van der Waals surface area contributed by atoms with E-state index in [1.165, 1.54) is 5.56 Å². The maximum atomic E-state index is 12.7. The molecule has 0 radical (unpaired) electrons. The lowest BCUT2D eigenvalue weighted by Gasteiger charge is -2.33. The lowest BCUT2D eigenvalue weighted by atomic mass is 9.91. The highest BCUT2D eigenvalue weighted by Gasteiger charge is 2.26. The van der Waals surface area contributed by atoms with Crippen molar-refractivity contribution in [2.75, 3.05) is 32.1 Å². The quantitative estimate of drug-likeness (QED) is 0.866. The Hall–Kier alpha value is -2.50. The van der Waals surface area contributed by atoms with Crippen LogP contribution in [0.25, 0.3) is 0 Å². The van der Waals surface area contributed by atoms with Crippen molar-refractivity contribution in [3.63, 3.8) is 0 Å². The van der Waals surface area contributed by atoms with Crippen LogP contribution < -0.4 is 4.90 Å².